The van der Waals surface area contributed by atoms with E-state index in [0.29, 0.717) is 0 Å². The van der Waals surface area contributed by atoms with Crippen molar-refractivity contribution in [3.63, 3.8) is 0 Å². The van der Waals surface area contributed by atoms with Crippen molar-refractivity contribution in [2.75, 3.05) is 28.4 Å². The first-order chi connectivity index (χ1) is 30.5. The molecule has 0 bridgehead atoms. The van der Waals surface area contributed by atoms with E-state index in [4.69, 9.17) is 18.9 Å². The zero-order chi connectivity index (χ0) is 42.2. The average Bonchev–Trinajstić information content (AvgIpc) is 3.93. The molecule has 302 valence electrons. The fourth-order valence-electron chi connectivity index (χ4n) is 8.72. The molecule has 6 nitrogen and oxygen atoms in total. The number of rotatable bonds is 11. The molecule has 0 radical (unpaired) electrons. The van der Waals surface area contributed by atoms with Gasteiger partial charge >= 0.3 is 0 Å². The number of H-pyrrole nitrogens is 2. The number of hydrogen-bond donors (Lipinski definition) is 2. The van der Waals surface area contributed by atoms with Crippen LogP contribution < -0.4 is 18.9 Å². The lowest BCUT2D eigenvalue weighted by atomic mass is 9.89. The SMILES string of the molecule is COc1ccc(-c2cc(-c3ccc(OC)cc3)c3c(-c4ccccc4)c(-c4[nH]c5cc(-c6ccc(OC)cc6)cc(-c6ccc(OC)cc6)c5c4-c4ccccc4)[nH]c3c2)cc1. The number of fused-ring (bicyclic) bond motifs is 2. The fraction of sp³-hybridized carbons (Fsp3) is 0.0714. The molecule has 62 heavy (non-hydrogen) atoms. The van der Waals surface area contributed by atoms with Gasteiger partial charge in [-0.1, -0.05) is 109 Å². The third-order valence-electron chi connectivity index (χ3n) is 11.8. The van der Waals surface area contributed by atoms with E-state index in [0.717, 1.165) is 123 Å². The van der Waals surface area contributed by atoms with Gasteiger partial charge in [0.15, 0.2) is 0 Å². The second-order valence-electron chi connectivity index (χ2n) is 15.3. The van der Waals surface area contributed by atoms with Gasteiger partial charge in [-0.15, -0.1) is 0 Å². The molecule has 0 aliphatic heterocycles. The lowest BCUT2D eigenvalue weighted by molar-refractivity contribution is 0.415. The maximum Gasteiger partial charge on any atom is 0.118 e. The average molecular weight is 809 g/mol. The quantitative estimate of drug-likeness (QED) is 0.137. The predicted octanol–water partition coefficient (Wildman–Crippen LogP) is 14.4. The molecule has 6 heteroatoms. The minimum Gasteiger partial charge on any atom is -0.497 e. The molecule has 0 aliphatic carbocycles. The molecule has 0 spiro atoms. The van der Waals surface area contributed by atoms with E-state index in [2.05, 4.69) is 143 Å². The van der Waals surface area contributed by atoms with Crippen molar-refractivity contribution in [3.05, 3.63) is 182 Å². The van der Waals surface area contributed by atoms with E-state index in [1.54, 1.807) is 28.4 Å². The van der Waals surface area contributed by atoms with Crippen LogP contribution >= 0.6 is 0 Å². The molecule has 0 atom stereocenters. The summed E-state index contributed by atoms with van der Waals surface area (Å²) in [4.78, 5) is 8.08. The van der Waals surface area contributed by atoms with Gasteiger partial charge in [0, 0.05) is 32.9 Å². The Morgan fingerprint density at radius 2 is 0.597 bits per heavy atom. The third-order valence-corrected chi connectivity index (χ3v) is 11.8. The monoisotopic (exact) mass is 808 g/mol. The molecule has 2 heterocycles. The van der Waals surface area contributed by atoms with Gasteiger partial charge in [0.1, 0.15) is 23.0 Å². The Morgan fingerprint density at radius 3 is 0.903 bits per heavy atom. The Morgan fingerprint density at radius 1 is 0.290 bits per heavy atom. The maximum absolute atomic E-state index is 5.61. The predicted molar refractivity (Wildman–Crippen MR) is 254 cm³/mol. The fourth-order valence-corrected chi connectivity index (χ4v) is 8.72. The van der Waals surface area contributed by atoms with Crippen LogP contribution in [0.25, 0.3) is 100.0 Å². The van der Waals surface area contributed by atoms with Gasteiger partial charge in [-0.25, -0.2) is 0 Å². The lowest BCUT2D eigenvalue weighted by Crippen LogP contribution is -1.89. The van der Waals surface area contributed by atoms with Crippen LogP contribution in [0.3, 0.4) is 0 Å². The van der Waals surface area contributed by atoms with Crippen LogP contribution in [-0.2, 0) is 0 Å². The molecule has 10 aromatic rings. The Balaban J connectivity index is 1.32. The smallest absolute Gasteiger partial charge is 0.118 e. The minimum absolute atomic E-state index is 0.807. The number of aromatic amines is 2. The molecule has 10 rings (SSSR count). The largest absolute Gasteiger partial charge is 0.497 e. The van der Waals surface area contributed by atoms with Crippen molar-refractivity contribution in [1.29, 1.82) is 0 Å². The number of ether oxygens (including phenoxy) is 4. The zero-order valence-corrected chi connectivity index (χ0v) is 35.0. The van der Waals surface area contributed by atoms with Gasteiger partial charge in [-0.2, -0.15) is 0 Å². The molecular formula is C56H44N2O4. The van der Waals surface area contributed by atoms with Crippen molar-refractivity contribution < 1.29 is 18.9 Å². The highest BCUT2D eigenvalue weighted by Crippen LogP contribution is 2.50. The van der Waals surface area contributed by atoms with Gasteiger partial charge in [-0.3, -0.25) is 0 Å². The number of aromatic nitrogens is 2. The summed E-state index contributed by atoms with van der Waals surface area (Å²) in [6, 6.07) is 63.8. The summed E-state index contributed by atoms with van der Waals surface area (Å²) in [5.74, 6) is 3.24. The Kier molecular flexibility index (Phi) is 10.0. The standard InChI is InChI=1S/C56H44N2O4/c1-59-43-23-15-35(16-24-43)41-31-47(37-19-27-45(61-3)28-20-37)53-49(33-41)57-55(51(53)39-11-7-5-8-12-39)56-52(40-13-9-6-10-14-40)54-48(38-21-29-46(62-4)30-22-38)32-42(34-50(54)58-56)36-17-25-44(60-2)26-18-36/h5-34,57-58H,1-4H3. The van der Waals surface area contributed by atoms with Crippen LogP contribution in [0.4, 0.5) is 0 Å². The minimum atomic E-state index is 0.807. The number of nitrogens with one attached hydrogen (secondary N) is 2. The van der Waals surface area contributed by atoms with E-state index in [-0.39, 0.29) is 0 Å². The molecule has 0 fully saturated rings. The normalized spacial score (nSPS) is 11.2. The molecular weight excluding hydrogens is 765 g/mol. The first-order valence-corrected chi connectivity index (χ1v) is 20.6. The van der Waals surface area contributed by atoms with E-state index in [1.165, 1.54) is 0 Å². The summed E-state index contributed by atoms with van der Waals surface area (Å²) in [5, 5.41) is 2.25. The number of hydrogen-bond acceptors (Lipinski definition) is 4. The van der Waals surface area contributed by atoms with Gasteiger partial charge in [0.25, 0.3) is 0 Å². The lowest BCUT2D eigenvalue weighted by Gasteiger charge is -2.13. The van der Waals surface area contributed by atoms with Crippen molar-refractivity contribution in [2.45, 2.75) is 0 Å². The molecule has 0 amide bonds. The second kappa shape index (κ2) is 16.2. The zero-order valence-electron chi connectivity index (χ0n) is 35.0. The molecule has 0 unspecified atom stereocenters. The maximum atomic E-state index is 5.61. The van der Waals surface area contributed by atoms with Crippen LogP contribution in [0.5, 0.6) is 23.0 Å². The van der Waals surface area contributed by atoms with Crippen LogP contribution in [0.15, 0.2) is 182 Å². The molecule has 2 N–H and O–H groups in total. The van der Waals surface area contributed by atoms with E-state index in [9.17, 15) is 0 Å². The van der Waals surface area contributed by atoms with Gasteiger partial charge in [-0.05, 0) is 128 Å². The number of benzene rings is 8. The van der Waals surface area contributed by atoms with Crippen LogP contribution in [-0.4, -0.2) is 38.4 Å². The van der Waals surface area contributed by atoms with Crippen LogP contribution in [0.2, 0.25) is 0 Å². The van der Waals surface area contributed by atoms with Crippen molar-refractivity contribution >= 4 is 21.8 Å². The summed E-state index contributed by atoms with van der Waals surface area (Å²) in [5.41, 5.74) is 17.2. The van der Waals surface area contributed by atoms with Gasteiger partial charge < -0.3 is 28.9 Å². The van der Waals surface area contributed by atoms with Crippen molar-refractivity contribution in [1.82, 2.24) is 9.97 Å². The third kappa shape index (κ3) is 6.91. The first-order valence-electron chi connectivity index (χ1n) is 20.6. The summed E-state index contributed by atoms with van der Waals surface area (Å²) < 4.78 is 22.3. The van der Waals surface area contributed by atoms with Crippen molar-refractivity contribution in [3.8, 4) is 101 Å². The van der Waals surface area contributed by atoms with Crippen LogP contribution in [0, 0.1) is 0 Å². The highest BCUT2D eigenvalue weighted by molar-refractivity contribution is 6.17. The Hall–Kier alpha value is -7.96. The molecule has 0 saturated carbocycles. The van der Waals surface area contributed by atoms with Crippen molar-refractivity contribution in [2.24, 2.45) is 0 Å². The highest BCUT2D eigenvalue weighted by atomic mass is 16.5. The molecule has 0 saturated heterocycles. The second-order valence-corrected chi connectivity index (χ2v) is 15.3. The van der Waals surface area contributed by atoms with Gasteiger partial charge in [0.05, 0.1) is 39.8 Å². The van der Waals surface area contributed by atoms with E-state index in [1.807, 2.05) is 48.5 Å². The highest BCUT2D eigenvalue weighted by Gasteiger charge is 2.26. The summed E-state index contributed by atoms with van der Waals surface area (Å²) in [6.07, 6.45) is 0. The van der Waals surface area contributed by atoms with E-state index >= 15 is 0 Å². The molecule has 0 aliphatic rings. The summed E-state index contributed by atoms with van der Waals surface area (Å²) in [7, 11) is 6.80. The Bertz CT molecular complexity index is 2950. The topological polar surface area (TPSA) is 68.5 Å². The van der Waals surface area contributed by atoms with Gasteiger partial charge in [0.2, 0.25) is 0 Å². The number of methoxy groups -OCH3 is 4. The van der Waals surface area contributed by atoms with Crippen LogP contribution in [0.1, 0.15) is 0 Å². The summed E-state index contributed by atoms with van der Waals surface area (Å²) in [6.45, 7) is 0. The Labute approximate surface area is 361 Å². The summed E-state index contributed by atoms with van der Waals surface area (Å²) >= 11 is 0. The van der Waals surface area contributed by atoms with E-state index < -0.39 is 0 Å². The molecule has 2 aromatic heterocycles. The molecule has 8 aromatic carbocycles. The first kappa shape index (κ1) is 38.3.